The predicted octanol–water partition coefficient (Wildman–Crippen LogP) is 3.39. The second-order valence-corrected chi connectivity index (χ2v) is 3.51. The number of methoxy groups -OCH3 is 1. The first-order chi connectivity index (χ1) is 5.09. The molecule has 5 heteroatoms. The molecule has 11 heavy (non-hydrogen) atoms. The predicted molar refractivity (Wildman–Crippen MR) is 48.3 cm³/mol. The van der Waals surface area contributed by atoms with Crippen LogP contribution in [-0.2, 0) is 4.74 Å². The van der Waals surface area contributed by atoms with E-state index in [4.69, 9.17) is 51.1 Å². The van der Waals surface area contributed by atoms with Crippen molar-refractivity contribution >= 4 is 46.4 Å². The van der Waals surface area contributed by atoms with Gasteiger partial charge in [-0.2, -0.15) is 0 Å². The molecule has 0 unspecified atom stereocenters. The average Bonchev–Trinajstić information content (AvgIpc) is 2.17. The molecule has 62 valence electrons. The first-order valence-corrected chi connectivity index (χ1v) is 4.24. The third kappa shape index (κ3) is 1.53. The Morgan fingerprint density at radius 2 is 1.36 bits per heavy atom. The van der Waals surface area contributed by atoms with Gasteiger partial charge < -0.3 is 4.74 Å². The summed E-state index contributed by atoms with van der Waals surface area (Å²) in [6.07, 6.45) is -0.488. The topological polar surface area (TPSA) is 9.23 Å². The summed E-state index contributed by atoms with van der Waals surface area (Å²) in [5, 5.41) is 1.21. The second-order valence-electron chi connectivity index (χ2n) is 1.94. The number of halogens is 4. The summed E-state index contributed by atoms with van der Waals surface area (Å²) in [5.41, 5.74) is 0. The monoisotopic (exact) mass is 232 g/mol. The summed E-state index contributed by atoms with van der Waals surface area (Å²) in [4.78, 5) is 0. The number of ether oxygens (including phenoxy) is 1. The fourth-order valence-electron chi connectivity index (χ4n) is 0.758. The molecule has 1 aliphatic carbocycles. The van der Waals surface area contributed by atoms with Crippen LogP contribution in [0.15, 0.2) is 20.1 Å². The zero-order chi connectivity index (χ0) is 8.59. The molecule has 0 saturated heterocycles. The molecule has 1 rings (SSSR count). The summed E-state index contributed by atoms with van der Waals surface area (Å²) in [7, 11) is 1.48. The van der Waals surface area contributed by atoms with Crippen LogP contribution in [0, 0.1) is 0 Å². The van der Waals surface area contributed by atoms with Gasteiger partial charge in [0.15, 0.2) is 0 Å². The molecule has 0 aromatic heterocycles. The van der Waals surface area contributed by atoms with Crippen molar-refractivity contribution in [2.75, 3.05) is 7.11 Å². The van der Waals surface area contributed by atoms with Crippen LogP contribution in [-0.4, -0.2) is 13.2 Å². The zero-order valence-corrected chi connectivity index (χ0v) is 8.52. The van der Waals surface area contributed by atoms with Crippen molar-refractivity contribution in [1.82, 2.24) is 0 Å². The van der Waals surface area contributed by atoms with Gasteiger partial charge in [-0.3, -0.25) is 0 Å². The normalized spacial score (nSPS) is 20.5. The molecule has 0 saturated carbocycles. The van der Waals surface area contributed by atoms with Crippen LogP contribution in [0.2, 0.25) is 0 Å². The van der Waals surface area contributed by atoms with Gasteiger partial charge in [0.05, 0.1) is 20.1 Å². The van der Waals surface area contributed by atoms with Gasteiger partial charge in [-0.1, -0.05) is 46.4 Å². The van der Waals surface area contributed by atoms with E-state index in [2.05, 4.69) is 0 Å². The Labute approximate surface area is 84.5 Å². The van der Waals surface area contributed by atoms with Gasteiger partial charge in [-0.25, -0.2) is 0 Å². The lowest BCUT2D eigenvalue weighted by Gasteiger charge is -2.07. The molecular formula is C6H4Cl4O. The molecule has 0 spiro atoms. The first kappa shape index (κ1) is 9.69. The van der Waals surface area contributed by atoms with Crippen LogP contribution < -0.4 is 0 Å². The largest absolute Gasteiger partial charge is 0.370 e. The van der Waals surface area contributed by atoms with E-state index < -0.39 is 6.10 Å². The van der Waals surface area contributed by atoms with Crippen molar-refractivity contribution in [3.05, 3.63) is 20.1 Å². The minimum Gasteiger partial charge on any atom is -0.370 e. The highest BCUT2D eigenvalue weighted by atomic mass is 35.5. The van der Waals surface area contributed by atoms with Crippen LogP contribution in [0.1, 0.15) is 0 Å². The maximum absolute atomic E-state index is 5.73. The Morgan fingerprint density at radius 3 is 1.55 bits per heavy atom. The molecule has 0 aromatic rings. The van der Waals surface area contributed by atoms with Gasteiger partial charge in [-0.15, -0.1) is 0 Å². The lowest BCUT2D eigenvalue weighted by atomic mass is 10.4. The molecular weight excluding hydrogens is 230 g/mol. The van der Waals surface area contributed by atoms with Crippen molar-refractivity contribution < 1.29 is 4.74 Å². The minimum absolute atomic E-state index is 0.269. The van der Waals surface area contributed by atoms with Gasteiger partial charge in [0.25, 0.3) is 0 Å². The lowest BCUT2D eigenvalue weighted by Crippen LogP contribution is -2.07. The van der Waals surface area contributed by atoms with Crippen molar-refractivity contribution in [2.45, 2.75) is 6.10 Å². The average molecular weight is 234 g/mol. The van der Waals surface area contributed by atoms with Crippen molar-refractivity contribution in [1.29, 1.82) is 0 Å². The number of rotatable bonds is 1. The van der Waals surface area contributed by atoms with Crippen LogP contribution in [0.5, 0.6) is 0 Å². The molecule has 0 radical (unpaired) electrons. The number of allylic oxidation sites excluding steroid dienone is 2. The third-order valence-corrected chi connectivity index (χ3v) is 3.16. The Hall–Kier alpha value is 0.600. The van der Waals surface area contributed by atoms with E-state index in [9.17, 15) is 0 Å². The fraction of sp³-hybridized carbons (Fsp3) is 0.333. The Balaban J connectivity index is 3.04. The zero-order valence-electron chi connectivity index (χ0n) is 5.50. The summed E-state index contributed by atoms with van der Waals surface area (Å²) >= 11 is 22.8. The van der Waals surface area contributed by atoms with Gasteiger partial charge in [0.2, 0.25) is 0 Å². The third-order valence-electron chi connectivity index (χ3n) is 1.31. The summed E-state index contributed by atoms with van der Waals surface area (Å²) in [5.74, 6) is 0. The minimum atomic E-state index is -0.488. The Morgan fingerprint density at radius 1 is 1.00 bits per heavy atom. The highest BCUT2D eigenvalue weighted by Crippen LogP contribution is 2.42. The van der Waals surface area contributed by atoms with Gasteiger partial charge >= 0.3 is 0 Å². The molecule has 1 aliphatic rings. The standard InChI is InChI=1S/C6H4Cl4O/c1-11-6-4(9)2(7)3(8)5(6)10/h6H,1H3. The molecule has 0 aromatic carbocycles. The van der Waals surface area contributed by atoms with Crippen molar-refractivity contribution in [2.24, 2.45) is 0 Å². The van der Waals surface area contributed by atoms with E-state index in [1.54, 1.807) is 0 Å². The molecule has 0 aliphatic heterocycles. The molecule has 0 bridgehead atoms. The van der Waals surface area contributed by atoms with Crippen LogP contribution in [0.3, 0.4) is 0 Å². The summed E-state index contributed by atoms with van der Waals surface area (Å²) in [6.45, 7) is 0. The Bertz CT molecular complexity index is 219. The fourth-order valence-corrected chi connectivity index (χ4v) is 1.90. The Kier molecular flexibility index (Phi) is 3.12. The lowest BCUT2D eigenvalue weighted by molar-refractivity contribution is 0.172. The van der Waals surface area contributed by atoms with Crippen molar-refractivity contribution in [3.63, 3.8) is 0 Å². The van der Waals surface area contributed by atoms with E-state index in [0.29, 0.717) is 10.1 Å². The van der Waals surface area contributed by atoms with E-state index in [0.717, 1.165) is 0 Å². The second kappa shape index (κ2) is 3.55. The molecule has 0 heterocycles. The van der Waals surface area contributed by atoms with E-state index in [1.165, 1.54) is 7.11 Å². The van der Waals surface area contributed by atoms with E-state index >= 15 is 0 Å². The highest BCUT2D eigenvalue weighted by molar-refractivity contribution is 6.53. The van der Waals surface area contributed by atoms with Crippen LogP contribution in [0.4, 0.5) is 0 Å². The van der Waals surface area contributed by atoms with E-state index in [1.807, 2.05) is 0 Å². The van der Waals surface area contributed by atoms with E-state index in [-0.39, 0.29) is 10.1 Å². The highest BCUT2D eigenvalue weighted by Gasteiger charge is 2.30. The molecule has 0 amide bonds. The first-order valence-electron chi connectivity index (χ1n) is 2.73. The molecule has 0 atom stereocenters. The van der Waals surface area contributed by atoms with Gasteiger partial charge in [-0.05, 0) is 0 Å². The van der Waals surface area contributed by atoms with Gasteiger partial charge in [0.1, 0.15) is 6.10 Å². The maximum Gasteiger partial charge on any atom is 0.131 e. The summed E-state index contributed by atoms with van der Waals surface area (Å²) in [6, 6.07) is 0. The quantitative estimate of drug-likeness (QED) is 0.675. The number of hydrogen-bond acceptors (Lipinski definition) is 1. The number of hydrogen-bond donors (Lipinski definition) is 0. The SMILES string of the molecule is COC1C(Cl)=C(Cl)C(Cl)=C1Cl. The molecule has 1 nitrogen and oxygen atoms in total. The van der Waals surface area contributed by atoms with Crippen molar-refractivity contribution in [3.8, 4) is 0 Å². The van der Waals surface area contributed by atoms with Crippen LogP contribution >= 0.6 is 46.4 Å². The summed E-state index contributed by atoms with van der Waals surface area (Å²) < 4.78 is 4.93. The van der Waals surface area contributed by atoms with Gasteiger partial charge in [0, 0.05) is 7.11 Å². The molecule has 0 fully saturated rings. The van der Waals surface area contributed by atoms with Crippen LogP contribution in [0.25, 0.3) is 0 Å². The smallest absolute Gasteiger partial charge is 0.131 e. The maximum atomic E-state index is 5.73. The molecule has 0 N–H and O–H groups in total.